The summed E-state index contributed by atoms with van der Waals surface area (Å²) < 4.78 is 1.90. The van der Waals surface area contributed by atoms with Gasteiger partial charge >= 0.3 is 0 Å². The summed E-state index contributed by atoms with van der Waals surface area (Å²) in [5, 5.41) is 11.1. The molecule has 4 heteroatoms. The van der Waals surface area contributed by atoms with Crippen molar-refractivity contribution in [1.82, 2.24) is 14.8 Å². The van der Waals surface area contributed by atoms with E-state index in [0.29, 0.717) is 6.04 Å². The van der Waals surface area contributed by atoms with Gasteiger partial charge in [-0.2, -0.15) is 0 Å². The first-order chi connectivity index (χ1) is 7.42. The first-order valence-corrected chi connectivity index (χ1v) is 5.13. The Morgan fingerprint density at radius 3 is 2.73 bits per heavy atom. The predicted molar refractivity (Wildman–Crippen MR) is 58.0 cm³/mol. The van der Waals surface area contributed by atoms with Crippen LogP contribution < -0.4 is 5.32 Å². The molecular formula is C11H12N4. The molecule has 3 rings (SSSR count). The quantitative estimate of drug-likeness (QED) is 0.822. The zero-order valence-electron chi connectivity index (χ0n) is 8.30. The molecular weight excluding hydrogens is 188 g/mol. The lowest BCUT2D eigenvalue weighted by atomic mass is 10.2. The van der Waals surface area contributed by atoms with E-state index in [2.05, 4.69) is 27.6 Å². The van der Waals surface area contributed by atoms with Crippen molar-refractivity contribution in [3.05, 3.63) is 36.9 Å². The Balaban J connectivity index is 1.88. The molecule has 1 fully saturated rings. The highest BCUT2D eigenvalue weighted by Crippen LogP contribution is 2.25. The molecule has 15 heavy (non-hydrogen) atoms. The zero-order valence-corrected chi connectivity index (χ0v) is 8.30. The highest BCUT2D eigenvalue weighted by Gasteiger charge is 2.20. The third-order valence-electron chi connectivity index (χ3n) is 2.51. The Bertz CT molecular complexity index is 445. The third kappa shape index (κ3) is 1.83. The topological polar surface area (TPSA) is 42.7 Å². The van der Waals surface area contributed by atoms with Crippen LogP contribution in [0.3, 0.4) is 0 Å². The van der Waals surface area contributed by atoms with Crippen LogP contribution in [-0.4, -0.2) is 20.8 Å². The average molecular weight is 200 g/mol. The normalized spacial score (nSPS) is 15.2. The number of nitrogens with one attached hydrogen (secondary N) is 1. The van der Waals surface area contributed by atoms with E-state index >= 15 is 0 Å². The number of benzene rings is 1. The molecule has 1 aliphatic rings. The summed E-state index contributed by atoms with van der Waals surface area (Å²) in [5.41, 5.74) is 2.26. The number of aromatic nitrogens is 3. The standard InChI is InChI=1S/C11H12N4/c1-2-10(14-9-4-5-9)6-11(3-1)15-7-12-13-8-15/h1-3,6-9,14H,4-5H2. The van der Waals surface area contributed by atoms with Gasteiger partial charge in [0, 0.05) is 11.7 Å². The first-order valence-electron chi connectivity index (χ1n) is 5.13. The Hall–Kier alpha value is -1.84. The van der Waals surface area contributed by atoms with E-state index in [9.17, 15) is 0 Å². The van der Waals surface area contributed by atoms with E-state index < -0.39 is 0 Å². The van der Waals surface area contributed by atoms with Crippen molar-refractivity contribution in [3.8, 4) is 5.69 Å². The van der Waals surface area contributed by atoms with Gasteiger partial charge in [0.05, 0.1) is 5.69 Å². The fraction of sp³-hybridized carbons (Fsp3) is 0.273. The van der Waals surface area contributed by atoms with Crippen LogP contribution in [0.15, 0.2) is 36.9 Å². The van der Waals surface area contributed by atoms with Crippen LogP contribution in [-0.2, 0) is 0 Å². The molecule has 1 aromatic carbocycles. The zero-order chi connectivity index (χ0) is 10.1. The van der Waals surface area contributed by atoms with Gasteiger partial charge in [0.25, 0.3) is 0 Å². The fourth-order valence-electron chi connectivity index (χ4n) is 1.55. The summed E-state index contributed by atoms with van der Waals surface area (Å²) in [6.07, 6.45) is 5.99. The van der Waals surface area contributed by atoms with Gasteiger partial charge in [-0.25, -0.2) is 0 Å². The number of nitrogens with zero attached hydrogens (tertiary/aromatic N) is 3. The molecule has 0 aliphatic heterocycles. The highest BCUT2D eigenvalue weighted by atomic mass is 15.2. The minimum absolute atomic E-state index is 0.682. The molecule has 2 aromatic rings. The maximum absolute atomic E-state index is 3.79. The SMILES string of the molecule is c1cc(NC2CC2)cc(-n2cnnc2)c1. The van der Waals surface area contributed by atoms with Gasteiger partial charge in [-0.1, -0.05) is 6.07 Å². The summed E-state index contributed by atoms with van der Waals surface area (Å²) >= 11 is 0. The van der Waals surface area contributed by atoms with E-state index in [-0.39, 0.29) is 0 Å². The smallest absolute Gasteiger partial charge is 0.123 e. The molecule has 76 valence electrons. The van der Waals surface area contributed by atoms with Crippen LogP contribution in [0.5, 0.6) is 0 Å². The Morgan fingerprint density at radius 1 is 1.20 bits per heavy atom. The molecule has 0 bridgehead atoms. The molecule has 1 aromatic heterocycles. The lowest BCUT2D eigenvalue weighted by Crippen LogP contribution is -2.01. The van der Waals surface area contributed by atoms with Gasteiger partial charge in [0.15, 0.2) is 0 Å². The first kappa shape index (κ1) is 8.47. The van der Waals surface area contributed by atoms with Gasteiger partial charge in [0.2, 0.25) is 0 Å². The second-order valence-corrected chi connectivity index (χ2v) is 3.84. The van der Waals surface area contributed by atoms with Crippen LogP contribution >= 0.6 is 0 Å². The van der Waals surface area contributed by atoms with Gasteiger partial charge in [-0.05, 0) is 31.0 Å². The molecule has 1 N–H and O–H groups in total. The largest absolute Gasteiger partial charge is 0.382 e. The molecule has 4 nitrogen and oxygen atoms in total. The molecule has 0 spiro atoms. The van der Waals surface area contributed by atoms with Gasteiger partial charge in [0.1, 0.15) is 12.7 Å². The molecule has 0 atom stereocenters. The summed E-state index contributed by atoms with van der Waals surface area (Å²) in [6, 6.07) is 8.97. The summed E-state index contributed by atoms with van der Waals surface area (Å²) in [7, 11) is 0. The highest BCUT2D eigenvalue weighted by molar-refractivity contribution is 5.52. The van der Waals surface area contributed by atoms with Crippen molar-refractivity contribution in [2.24, 2.45) is 0 Å². The van der Waals surface area contributed by atoms with Crippen molar-refractivity contribution >= 4 is 5.69 Å². The molecule has 0 amide bonds. The average Bonchev–Trinajstić information content (AvgIpc) is 2.91. The third-order valence-corrected chi connectivity index (χ3v) is 2.51. The molecule has 0 saturated heterocycles. The monoisotopic (exact) mass is 200 g/mol. The molecule has 1 heterocycles. The Morgan fingerprint density at radius 2 is 2.00 bits per heavy atom. The summed E-state index contributed by atoms with van der Waals surface area (Å²) in [4.78, 5) is 0. The van der Waals surface area contributed by atoms with Crippen LogP contribution in [0, 0.1) is 0 Å². The van der Waals surface area contributed by atoms with E-state index in [4.69, 9.17) is 0 Å². The van der Waals surface area contributed by atoms with Crippen molar-refractivity contribution in [2.45, 2.75) is 18.9 Å². The molecule has 1 saturated carbocycles. The second-order valence-electron chi connectivity index (χ2n) is 3.84. The lowest BCUT2D eigenvalue weighted by Gasteiger charge is -2.06. The van der Waals surface area contributed by atoms with Crippen molar-refractivity contribution in [3.63, 3.8) is 0 Å². The van der Waals surface area contributed by atoms with Crippen LogP contribution in [0.1, 0.15) is 12.8 Å². The van der Waals surface area contributed by atoms with E-state index in [1.165, 1.54) is 18.5 Å². The van der Waals surface area contributed by atoms with E-state index in [0.717, 1.165) is 5.69 Å². The summed E-state index contributed by atoms with van der Waals surface area (Å²) in [5.74, 6) is 0. The lowest BCUT2D eigenvalue weighted by molar-refractivity contribution is 1.05. The van der Waals surface area contributed by atoms with Crippen LogP contribution in [0.2, 0.25) is 0 Å². The maximum Gasteiger partial charge on any atom is 0.123 e. The summed E-state index contributed by atoms with van der Waals surface area (Å²) in [6.45, 7) is 0. The Labute approximate surface area is 88.0 Å². The van der Waals surface area contributed by atoms with Gasteiger partial charge in [-0.3, -0.25) is 4.57 Å². The predicted octanol–water partition coefficient (Wildman–Crippen LogP) is 1.84. The number of rotatable bonds is 3. The van der Waals surface area contributed by atoms with Crippen LogP contribution in [0.25, 0.3) is 5.69 Å². The van der Waals surface area contributed by atoms with Gasteiger partial charge in [-0.15, -0.1) is 10.2 Å². The van der Waals surface area contributed by atoms with Gasteiger partial charge < -0.3 is 5.32 Å². The minimum atomic E-state index is 0.682. The van der Waals surface area contributed by atoms with Crippen LogP contribution in [0.4, 0.5) is 5.69 Å². The van der Waals surface area contributed by atoms with E-state index in [1.54, 1.807) is 12.7 Å². The second kappa shape index (κ2) is 3.38. The fourth-order valence-corrected chi connectivity index (χ4v) is 1.55. The molecule has 0 unspecified atom stereocenters. The molecule has 1 aliphatic carbocycles. The maximum atomic E-state index is 3.79. The van der Waals surface area contributed by atoms with Crippen molar-refractivity contribution in [2.75, 3.05) is 5.32 Å². The van der Waals surface area contributed by atoms with E-state index in [1.807, 2.05) is 16.7 Å². The number of anilines is 1. The number of hydrogen-bond acceptors (Lipinski definition) is 3. The Kier molecular flexibility index (Phi) is 1.91. The van der Waals surface area contributed by atoms with Crippen molar-refractivity contribution in [1.29, 1.82) is 0 Å². The minimum Gasteiger partial charge on any atom is -0.382 e. The van der Waals surface area contributed by atoms with Crippen molar-refractivity contribution < 1.29 is 0 Å². The number of hydrogen-bond donors (Lipinski definition) is 1. The molecule has 0 radical (unpaired) electrons.